The fourth-order valence-corrected chi connectivity index (χ4v) is 4.08. The van der Waals surface area contributed by atoms with Crippen molar-refractivity contribution in [3.8, 4) is 0 Å². The Bertz CT molecular complexity index is 787. The van der Waals surface area contributed by atoms with Crippen LogP contribution in [-0.2, 0) is 0 Å². The van der Waals surface area contributed by atoms with Crippen molar-refractivity contribution < 1.29 is 4.42 Å². The molecule has 0 aliphatic rings. The van der Waals surface area contributed by atoms with Gasteiger partial charge in [-0.05, 0) is 38.1 Å². The molecule has 0 amide bonds. The van der Waals surface area contributed by atoms with E-state index in [-0.39, 0.29) is 5.43 Å². The van der Waals surface area contributed by atoms with E-state index < -0.39 is 0 Å². The van der Waals surface area contributed by atoms with Gasteiger partial charge in [-0.3, -0.25) is 4.79 Å². The molecule has 0 saturated heterocycles. The molecule has 0 bridgehead atoms. The van der Waals surface area contributed by atoms with Crippen LogP contribution in [0.4, 0.5) is 0 Å². The highest BCUT2D eigenvalue weighted by atomic mass is 32.2. The zero-order chi connectivity index (χ0) is 16.2. The number of rotatable bonds is 4. The number of benzene rings is 2. The quantitative estimate of drug-likeness (QED) is 0.622. The van der Waals surface area contributed by atoms with Crippen LogP contribution >= 0.6 is 23.5 Å². The van der Waals surface area contributed by atoms with Crippen molar-refractivity contribution in [2.24, 2.45) is 0 Å². The molecule has 0 saturated carbocycles. The molecule has 0 radical (unpaired) electrons. The zero-order valence-electron chi connectivity index (χ0n) is 12.9. The minimum Gasteiger partial charge on any atom is -0.464 e. The van der Waals surface area contributed by atoms with Crippen molar-refractivity contribution in [2.45, 2.75) is 33.4 Å². The van der Waals surface area contributed by atoms with Crippen molar-refractivity contribution in [3.63, 3.8) is 0 Å². The third kappa shape index (κ3) is 3.71. The Kier molecular flexibility index (Phi) is 4.94. The van der Waals surface area contributed by atoms with Crippen LogP contribution < -0.4 is 5.43 Å². The smallest absolute Gasteiger partial charge is 0.213 e. The van der Waals surface area contributed by atoms with E-state index in [1.807, 2.05) is 74.5 Å². The largest absolute Gasteiger partial charge is 0.464 e. The van der Waals surface area contributed by atoms with Gasteiger partial charge in [0.1, 0.15) is 11.5 Å². The highest BCUT2D eigenvalue weighted by molar-refractivity contribution is 8.00. The third-order valence-corrected chi connectivity index (χ3v) is 5.65. The van der Waals surface area contributed by atoms with Gasteiger partial charge in [0, 0.05) is 9.79 Å². The maximum atomic E-state index is 12.9. The van der Waals surface area contributed by atoms with Gasteiger partial charge < -0.3 is 4.42 Å². The molecule has 0 N–H and O–H groups in total. The van der Waals surface area contributed by atoms with Crippen molar-refractivity contribution >= 4 is 23.5 Å². The van der Waals surface area contributed by atoms with Gasteiger partial charge in [0.2, 0.25) is 5.43 Å². The van der Waals surface area contributed by atoms with Gasteiger partial charge in [0.05, 0.1) is 9.79 Å². The number of hydrogen-bond donors (Lipinski definition) is 0. The highest BCUT2D eigenvalue weighted by Gasteiger charge is 2.17. The second-order valence-corrected chi connectivity index (χ2v) is 7.20. The first-order valence-corrected chi connectivity index (χ1v) is 8.88. The molecule has 0 fully saturated rings. The van der Waals surface area contributed by atoms with E-state index in [0.29, 0.717) is 21.3 Å². The lowest BCUT2D eigenvalue weighted by Crippen LogP contribution is -2.10. The fraction of sp³-hybridized carbons (Fsp3) is 0.105. The Morgan fingerprint density at radius 3 is 1.48 bits per heavy atom. The van der Waals surface area contributed by atoms with Crippen molar-refractivity contribution in [2.75, 3.05) is 0 Å². The zero-order valence-corrected chi connectivity index (χ0v) is 14.5. The van der Waals surface area contributed by atoms with E-state index in [9.17, 15) is 4.79 Å². The van der Waals surface area contributed by atoms with Gasteiger partial charge in [-0.2, -0.15) is 0 Å². The Morgan fingerprint density at radius 2 is 1.09 bits per heavy atom. The molecule has 3 aromatic rings. The van der Waals surface area contributed by atoms with Crippen LogP contribution in [0.25, 0.3) is 0 Å². The molecule has 0 spiro atoms. The van der Waals surface area contributed by atoms with Crippen LogP contribution in [0.3, 0.4) is 0 Å². The molecule has 0 aliphatic heterocycles. The van der Waals surface area contributed by atoms with Crippen molar-refractivity contribution in [1.82, 2.24) is 0 Å². The lowest BCUT2D eigenvalue weighted by molar-refractivity contribution is 0.454. The van der Waals surface area contributed by atoms with Crippen molar-refractivity contribution in [1.29, 1.82) is 0 Å². The van der Waals surface area contributed by atoms with E-state index >= 15 is 0 Å². The molecule has 3 rings (SSSR count). The monoisotopic (exact) mass is 340 g/mol. The maximum Gasteiger partial charge on any atom is 0.213 e. The molecule has 116 valence electrons. The molecule has 2 aromatic carbocycles. The lowest BCUT2D eigenvalue weighted by atomic mass is 10.3. The minimum absolute atomic E-state index is 0.0361. The molecule has 4 heteroatoms. The summed E-state index contributed by atoms with van der Waals surface area (Å²) in [5.41, 5.74) is 0.0361. The predicted molar refractivity (Wildman–Crippen MR) is 95.6 cm³/mol. The maximum absolute atomic E-state index is 12.9. The van der Waals surface area contributed by atoms with E-state index in [1.165, 1.54) is 23.5 Å². The van der Waals surface area contributed by atoms with Crippen LogP contribution in [0.15, 0.2) is 89.5 Å². The molecule has 1 aromatic heterocycles. The summed E-state index contributed by atoms with van der Waals surface area (Å²) in [5.74, 6) is 1.33. The van der Waals surface area contributed by atoms with Crippen molar-refractivity contribution in [3.05, 3.63) is 82.4 Å². The lowest BCUT2D eigenvalue weighted by Gasteiger charge is -2.10. The normalized spacial score (nSPS) is 10.7. The van der Waals surface area contributed by atoms with Gasteiger partial charge in [0.25, 0.3) is 0 Å². The molecule has 0 atom stereocenters. The Hall–Kier alpha value is -1.91. The molecule has 1 heterocycles. The van der Waals surface area contributed by atoms with Crippen LogP contribution in [0.2, 0.25) is 0 Å². The summed E-state index contributed by atoms with van der Waals surface area (Å²) in [6, 6.07) is 19.8. The molecule has 23 heavy (non-hydrogen) atoms. The Morgan fingerprint density at radius 1 is 0.696 bits per heavy atom. The molecule has 0 unspecified atom stereocenters. The topological polar surface area (TPSA) is 30.2 Å². The molecule has 2 nitrogen and oxygen atoms in total. The average Bonchev–Trinajstić information content (AvgIpc) is 2.57. The first-order chi connectivity index (χ1) is 11.1. The van der Waals surface area contributed by atoms with E-state index in [0.717, 1.165) is 9.79 Å². The van der Waals surface area contributed by atoms with Gasteiger partial charge in [-0.1, -0.05) is 59.9 Å². The Labute approximate surface area is 143 Å². The first kappa shape index (κ1) is 16.0. The van der Waals surface area contributed by atoms with Gasteiger partial charge in [-0.15, -0.1) is 0 Å². The van der Waals surface area contributed by atoms with Gasteiger partial charge in [-0.25, -0.2) is 0 Å². The number of aryl methyl sites for hydroxylation is 2. The van der Waals surface area contributed by atoms with Crippen LogP contribution in [-0.4, -0.2) is 0 Å². The van der Waals surface area contributed by atoms with Crippen LogP contribution in [0, 0.1) is 13.8 Å². The SMILES string of the molecule is Cc1oc(C)c(Sc2ccccc2)c(=O)c1Sc1ccccc1. The standard InChI is InChI=1S/C19H16O2S2/c1-13-18(22-15-9-5-3-6-10-15)17(20)19(14(2)21-13)23-16-11-7-4-8-12-16/h3-12H,1-2H3. The minimum atomic E-state index is 0.0361. The summed E-state index contributed by atoms with van der Waals surface area (Å²) in [6.45, 7) is 3.69. The second-order valence-electron chi connectivity index (χ2n) is 5.03. The summed E-state index contributed by atoms with van der Waals surface area (Å²) in [7, 11) is 0. The van der Waals surface area contributed by atoms with E-state index in [4.69, 9.17) is 4.42 Å². The van der Waals surface area contributed by atoms with Crippen LogP contribution in [0.1, 0.15) is 11.5 Å². The second kappa shape index (κ2) is 7.11. The summed E-state index contributed by atoms with van der Waals surface area (Å²) < 4.78 is 5.82. The summed E-state index contributed by atoms with van der Waals surface area (Å²) in [5, 5.41) is 0. The highest BCUT2D eigenvalue weighted by Crippen LogP contribution is 2.33. The third-order valence-electron chi connectivity index (χ3n) is 3.28. The summed E-state index contributed by atoms with van der Waals surface area (Å²) >= 11 is 2.91. The Balaban J connectivity index is 2.01. The van der Waals surface area contributed by atoms with Gasteiger partial charge in [0.15, 0.2) is 0 Å². The van der Waals surface area contributed by atoms with Crippen LogP contribution in [0.5, 0.6) is 0 Å². The van der Waals surface area contributed by atoms with E-state index in [2.05, 4.69) is 0 Å². The molecular formula is C19H16O2S2. The first-order valence-electron chi connectivity index (χ1n) is 7.25. The van der Waals surface area contributed by atoms with Gasteiger partial charge >= 0.3 is 0 Å². The average molecular weight is 340 g/mol. The number of hydrogen-bond acceptors (Lipinski definition) is 4. The fourth-order valence-electron chi connectivity index (χ4n) is 2.19. The molecule has 0 aliphatic carbocycles. The summed E-state index contributed by atoms with van der Waals surface area (Å²) in [6.07, 6.45) is 0. The summed E-state index contributed by atoms with van der Waals surface area (Å²) in [4.78, 5) is 16.3. The van der Waals surface area contributed by atoms with E-state index in [1.54, 1.807) is 0 Å². The molecular weight excluding hydrogens is 324 g/mol. The predicted octanol–water partition coefficient (Wildman–Crippen LogP) is 5.56.